The summed E-state index contributed by atoms with van der Waals surface area (Å²) in [4.78, 5) is 4.10. The second kappa shape index (κ2) is 3.54. The molecule has 2 aliphatic heterocycles. The molecule has 94 valence electrons. The van der Waals surface area contributed by atoms with Crippen LogP contribution in [0.25, 0.3) is 0 Å². The van der Waals surface area contributed by atoms with Gasteiger partial charge in [-0.2, -0.15) is 4.31 Å². The van der Waals surface area contributed by atoms with E-state index in [2.05, 4.69) is 4.98 Å². The van der Waals surface area contributed by atoms with Gasteiger partial charge in [-0.15, -0.1) is 0 Å². The number of nitrogens with zero attached hydrogens (tertiary/aromatic N) is 3. The lowest BCUT2D eigenvalue weighted by atomic mass is 10.3. The second-order valence-corrected chi connectivity index (χ2v) is 6.49. The maximum atomic E-state index is 12.4. The number of fused-ring (bicyclic) bond motifs is 2. The quantitative estimate of drug-likeness (QED) is 0.741. The molecule has 1 aromatic heterocycles. The zero-order chi connectivity index (χ0) is 12.2. The SMILES string of the molecule is Cc1nc(S(=O)(=O)N2C[C@H]3C[C@H]2CO3)cn1C. The Bertz CT molecular complexity index is 532. The molecule has 2 fully saturated rings. The van der Waals surface area contributed by atoms with Crippen molar-refractivity contribution in [1.29, 1.82) is 0 Å². The Kier molecular flexibility index (Phi) is 2.33. The molecule has 0 radical (unpaired) electrons. The average Bonchev–Trinajstić information content (AvgIpc) is 2.95. The molecule has 3 rings (SSSR count). The van der Waals surface area contributed by atoms with Crippen LogP contribution in [0, 0.1) is 6.92 Å². The molecule has 2 aliphatic rings. The molecule has 2 atom stereocenters. The van der Waals surface area contributed by atoms with Crippen LogP contribution in [-0.2, 0) is 21.8 Å². The van der Waals surface area contributed by atoms with Crippen molar-refractivity contribution in [1.82, 2.24) is 13.9 Å². The zero-order valence-electron chi connectivity index (χ0n) is 9.83. The van der Waals surface area contributed by atoms with E-state index in [4.69, 9.17) is 4.74 Å². The zero-order valence-corrected chi connectivity index (χ0v) is 10.6. The molecular weight excluding hydrogens is 242 g/mol. The normalized spacial score (nSPS) is 29.1. The summed E-state index contributed by atoms with van der Waals surface area (Å²) in [6.07, 6.45) is 2.45. The molecule has 0 unspecified atom stereocenters. The van der Waals surface area contributed by atoms with Crippen molar-refractivity contribution in [2.45, 2.75) is 30.5 Å². The van der Waals surface area contributed by atoms with Gasteiger partial charge >= 0.3 is 0 Å². The molecule has 0 aromatic carbocycles. The molecule has 0 spiro atoms. The van der Waals surface area contributed by atoms with Crippen molar-refractivity contribution in [3.05, 3.63) is 12.0 Å². The highest BCUT2D eigenvalue weighted by Crippen LogP contribution is 2.32. The summed E-state index contributed by atoms with van der Waals surface area (Å²) in [5.41, 5.74) is 0. The van der Waals surface area contributed by atoms with E-state index in [9.17, 15) is 8.42 Å². The Morgan fingerprint density at radius 1 is 1.53 bits per heavy atom. The first-order valence-corrected chi connectivity index (χ1v) is 7.06. The first-order valence-electron chi connectivity index (χ1n) is 5.62. The van der Waals surface area contributed by atoms with Gasteiger partial charge in [0.25, 0.3) is 10.0 Å². The third kappa shape index (κ3) is 1.61. The van der Waals surface area contributed by atoms with Gasteiger partial charge in [0.1, 0.15) is 5.82 Å². The van der Waals surface area contributed by atoms with Gasteiger partial charge in [-0.25, -0.2) is 13.4 Å². The molecule has 3 heterocycles. The van der Waals surface area contributed by atoms with Gasteiger partial charge in [-0.1, -0.05) is 0 Å². The summed E-state index contributed by atoms with van der Waals surface area (Å²) in [5, 5.41) is 0.144. The van der Waals surface area contributed by atoms with E-state index in [1.54, 1.807) is 24.7 Å². The first kappa shape index (κ1) is 11.2. The van der Waals surface area contributed by atoms with E-state index >= 15 is 0 Å². The van der Waals surface area contributed by atoms with Crippen LogP contribution >= 0.6 is 0 Å². The Hall–Kier alpha value is -0.920. The Morgan fingerprint density at radius 3 is 2.76 bits per heavy atom. The minimum absolute atomic E-state index is 0.00712. The van der Waals surface area contributed by atoms with Crippen molar-refractivity contribution < 1.29 is 13.2 Å². The van der Waals surface area contributed by atoms with Crippen LogP contribution in [-0.4, -0.2) is 47.6 Å². The smallest absolute Gasteiger partial charge is 0.262 e. The molecule has 2 saturated heterocycles. The van der Waals surface area contributed by atoms with Crippen molar-refractivity contribution in [2.75, 3.05) is 13.2 Å². The highest BCUT2D eigenvalue weighted by molar-refractivity contribution is 7.89. The fraction of sp³-hybridized carbons (Fsp3) is 0.700. The van der Waals surface area contributed by atoms with E-state index in [0.717, 1.165) is 6.42 Å². The number of ether oxygens (including phenoxy) is 1. The van der Waals surface area contributed by atoms with Crippen molar-refractivity contribution in [3.8, 4) is 0 Å². The highest BCUT2D eigenvalue weighted by atomic mass is 32.2. The van der Waals surface area contributed by atoms with Crippen LogP contribution in [0.1, 0.15) is 12.2 Å². The summed E-state index contributed by atoms with van der Waals surface area (Å²) in [6, 6.07) is -0.00712. The molecule has 0 aliphatic carbocycles. The van der Waals surface area contributed by atoms with E-state index in [0.29, 0.717) is 19.0 Å². The third-order valence-electron chi connectivity index (χ3n) is 3.51. The second-order valence-electron chi connectivity index (χ2n) is 4.66. The summed E-state index contributed by atoms with van der Waals surface area (Å²) in [5.74, 6) is 0.698. The number of rotatable bonds is 2. The van der Waals surface area contributed by atoms with Crippen molar-refractivity contribution in [3.63, 3.8) is 0 Å². The number of aryl methyl sites for hydroxylation is 2. The Morgan fingerprint density at radius 2 is 2.29 bits per heavy atom. The summed E-state index contributed by atoms with van der Waals surface area (Å²) < 4.78 is 33.4. The van der Waals surface area contributed by atoms with Gasteiger partial charge in [0.05, 0.1) is 18.8 Å². The summed E-state index contributed by atoms with van der Waals surface area (Å²) in [6.45, 7) is 2.76. The molecule has 2 bridgehead atoms. The number of aromatic nitrogens is 2. The predicted molar refractivity (Wildman–Crippen MR) is 60.0 cm³/mol. The number of hydrogen-bond acceptors (Lipinski definition) is 4. The summed E-state index contributed by atoms with van der Waals surface area (Å²) >= 11 is 0. The van der Waals surface area contributed by atoms with Crippen LogP contribution in [0.15, 0.2) is 11.2 Å². The van der Waals surface area contributed by atoms with Gasteiger partial charge in [0.2, 0.25) is 0 Å². The van der Waals surface area contributed by atoms with E-state index in [1.165, 1.54) is 4.31 Å². The fourth-order valence-electron chi connectivity index (χ4n) is 2.43. The highest BCUT2D eigenvalue weighted by Gasteiger charge is 2.46. The van der Waals surface area contributed by atoms with Crippen LogP contribution in [0.4, 0.5) is 0 Å². The Balaban J connectivity index is 1.96. The average molecular weight is 257 g/mol. The lowest BCUT2D eigenvalue weighted by Crippen LogP contribution is -2.41. The van der Waals surface area contributed by atoms with Crippen LogP contribution in [0.5, 0.6) is 0 Å². The van der Waals surface area contributed by atoms with Gasteiger partial charge in [-0.05, 0) is 13.3 Å². The standard InChI is InChI=1S/C10H15N3O3S/c1-7-11-10(5-12(7)2)17(14,15)13-4-9-3-8(13)6-16-9/h5,8-9H,3-4,6H2,1-2H3/t8-,9+/m0/s1. The molecule has 0 amide bonds. The fourth-order valence-corrected chi connectivity index (χ4v) is 4.11. The van der Waals surface area contributed by atoms with E-state index in [-0.39, 0.29) is 17.2 Å². The van der Waals surface area contributed by atoms with Crippen LogP contribution in [0.3, 0.4) is 0 Å². The van der Waals surface area contributed by atoms with Gasteiger partial charge < -0.3 is 9.30 Å². The number of hydrogen-bond donors (Lipinski definition) is 0. The number of imidazole rings is 1. The number of sulfonamides is 1. The predicted octanol–water partition coefficient (Wildman–Crippen LogP) is -0.110. The Labute approximate surface area is 100 Å². The molecular formula is C10H15N3O3S. The van der Waals surface area contributed by atoms with Gasteiger partial charge in [0, 0.05) is 19.8 Å². The largest absolute Gasteiger partial charge is 0.375 e. The van der Waals surface area contributed by atoms with Crippen molar-refractivity contribution >= 4 is 10.0 Å². The number of morpholine rings is 1. The monoisotopic (exact) mass is 257 g/mol. The third-order valence-corrected chi connectivity index (χ3v) is 5.30. The molecule has 1 aromatic rings. The molecule has 6 nitrogen and oxygen atoms in total. The van der Waals surface area contributed by atoms with E-state index in [1.807, 2.05) is 0 Å². The van der Waals surface area contributed by atoms with Crippen LogP contribution < -0.4 is 0 Å². The van der Waals surface area contributed by atoms with E-state index < -0.39 is 10.0 Å². The maximum absolute atomic E-state index is 12.4. The topological polar surface area (TPSA) is 64.4 Å². The minimum atomic E-state index is -3.45. The van der Waals surface area contributed by atoms with Gasteiger partial charge in [-0.3, -0.25) is 0 Å². The lowest BCUT2D eigenvalue weighted by Gasteiger charge is -2.24. The van der Waals surface area contributed by atoms with Crippen molar-refractivity contribution in [2.24, 2.45) is 7.05 Å². The lowest BCUT2D eigenvalue weighted by molar-refractivity contribution is 0.0608. The maximum Gasteiger partial charge on any atom is 0.262 e. The molecule has 0 N–H and O–H groups in total. The van der Waals surface area contributed by atoms with Gasteiger partial charge in [0.15, 0.2) is 5.03 Å². The molecule has 17 heavy (non-hydrogen) atoms. The molecule has 7 heteroatoms. The van der Waals surface area contributed by atoms with Crippen LogP contribution in [0.2, 0.25) is 0 Å². The summed E-state index contributed by atoms with van der Waals surface area (Å²) in [7, 11) is -1.66. The first-order chi connectivity index (χ1) is 7.98. The minimum Gasteiger partial charge on any atom is -0.375 e. The molecule has 0 saturated carbocycles.